The summed E-state index contributed by atoms with van der Waals surface area (Å²) in [5, 5.41) is -0.00355. The van der Waals surface area contributed by atoms with Crippen LogP contribution in [0.3, 0.4) is 0 Å². The highest BCUT2D eigenvalue weighted by Crippen LogP contribution is 2.10. The van der Waals surface area contributed by atoms with Crippen molar-refractivity contribution in [2.45, 2.75) is 12.3 Å². The summed E-state index contributed by atoms with van der Waals surface area (Å²) in [7, 11) is 0. The summed E-state index contributed by atoms with van der Waals surface area (Å²) in [4.78, 5) is 9.63. The molecule has 1 unspecified atom stereocenters. The summed E-state index contributed by atoms with van der Waals surface area (Å²) >= 11 is 5.79. The molecule has 0 aliphatic heterocycles. The van der Waals surface area contributed by atoms with Crippen LogP contribution >= 0.6 is 11.6 Å². The average molecular weight is 211 g/mol. The van der Waals surface area contributed by atoms with E-state index >= 15 is 0 Å². The van der Waals surface area contributed by atoms with Crippen molar-refractivity contribution in [2.75, 3.05) is 6.61 Å². The predicted octanol–water partition coefficient (Wildman–Crippen LogP) is 2.09. The van der Waals surface area contributed by atoms with Gasteiger partial charge < -0.3 is 4.84 Å². The minimum absolute atomic E-state index is 0.00355. The van der Waals surface area contributed by atoms with Crippen LogP contribution in [0.25, 0.3) is 11.0 Å². The smallest absolute Gasteiger partial charge is 0.133 e. The molecule has 0 aliphatic rings. The Morgan fingerprint density at radius 3 is 3.07 bits per heavy atom. The molecule has 2 aromatic rings. The van der Waals surface area contributed by atoms with E-state index in [1.54, 1.807) is 11.1 Å². The summed E-state index contributed by atoms with van der Waals surface area (Å²) in [6.07, 6.45) is 1.66. The van der Waals surface area contributed by atoms with Gasteiger partial charge in [-0.1, -0.05) is 12.1 Å². The molecule has 4 heteroatoms. The number of para-hydroxylation sites is 2. The second kappa shape index (κ2) is 3.88. The van der Waals surface area contributed by atoms with E-state index in [2.05, 4.69) is 4.98 Å². The number of alkyl halides is 1. The van der Waals surface area contributed by atoms with Crippen molar-refractivity contribution < 1.29 is 4.84 Å². The van der Waals surface area contributed by atoms with Crippen LogP contribution in [-0.2, 0) is 0 Å². The van der Waals surface area contributed by atoms with Crippen LogP contribution in [0, 0.1) is 0 Å². The molecule has 0 aliphatic carbocycles. The van der Waals surface area contributed by atoms with Crippen LogP contribution in [0.5, 0.6) is 0 Å². The van der Waals surface area contributed by atoms with Gasteiger partial charge in [0, 0.05) is 0 Å². The molecule has 0 saturated heterocycles. The quantitative estimate of drug-likeness (QED) is 0.726. The molecule has 0 bridgehead atoms. The van der Waals surface area contributed by atoms with E-state index in [1.807, 2.05) is 31.2 Å². The summed E-state index contributed by atoms with van der Waals surface area (Å²) in [6.45, 7) is 2.36. The zero-order valence-corrected chi connectivity index (χ0v) is 8.61. The van der Waals surface area contributed by atoms with Crippen LogP contribution < -0.4 is 4.84 Å². The zero-order chi connectivity index (χ0) is 9.97. The molecule has 1 heterocycles. The largest absolute Gasteiger partial charge is 0.411 e. The van der Waals surface area contributed by atoms with E-state index in [9.17, 15) is 0 Å². The molecule has 0 amide bonds. The van der Waals surface area contributed by atoms with Crippen molar-refractivity contribution in [3.63, 3.8) is 0 Å². The van der Waals surface area contributed by atoms with Gasteiger partial charge in [0.15, 0.2) is 0 Å². The van der Waals surface area contributed by atoms with Crippen LogP contribution in [0.4, 0.5) is 0 Å². The van der Waals surface area contributed by atoms with Crippen LogP contribution in [0.1, 0.15) is 6.92 Å². The Labute approximate surface area is 87.2 Å². The molecule has 0 fully saturated rings. The van der Waals surface area contributed by atoms with Gasteiger partial charge in [0.1, 0.15) is 18.5 Å². The number of hydrogen-bond acceptors (Lipinski definition) is 2. The Hall–Kier alpha value is -1.22. The Balaban J connectivity index is 2.25. The molecule has 0 radical (unpaired) electrons. The number of nitrogens with zero attached hydrogens (tertiary/aromatic N) is 2. The van der Waals surface area contributed by atoms with Gasteiger partial charge in [-0.3, -0.25) is 0 Å². The van der Waals surface area contributed by atoms with Crippen molar-refractivity contribution in [2.24, 2.45) is 0 Å². The van der Waals surface area contributed by atoms with E-state index in [4.69, 9.17) is 16.4 Å². The highest BCUT2D eigenvalue weighted by molar-refractivity contribution is 6.20. The van der Waals surface area contributed by atoms with Gasteiger partial charge >= 0.3 is 0 Å². The maximum Gasteiger partial charge on any atom is 0.133 e. The van der Waals surface area contributed by atoms with Gasteiger partial charge in [0.05, 0.1) is 10.9 Å². The monoisotopic (exact) mass is 210 g/mol. The second-order valence-corrected chi connectivity index (χ2v) is 3.88. The molecule has 1 atom stereocenters. The minimum atomic E-state index is -0.00355. The third-order valence-corrected chi connectivity index (χ3v) is 1.99. The topological polar surface area (TPSA) is 27.1 Å². The van der Waals surface area contributed by atoms with E-state index < -0.39 is 0 Å². The Bertz CT molecular complexity index is 425. The highest BCUT2D eigenvalue weighted by Gasteiger charge is 2.03. The Morgan fingerprint density at radius 1 is 1.50 bits per heavy atom. The molecule has 0 spiro atoms. The molecule has 74 valence electrons. The fourth-order valence-electron chi connectivity index (χ4n) is 1.22. The van der Waals surface area contributed by atoms with Gasteiger partial charge in [-0.2, -0.15) is 4.73 Å². The zero-order valence-electron chi connectivity index (χ0n) is 7.85. The maximum absolute atomic E-state index is 5.79. The fourth-order valence-corrected chi connectivity index (χ4v) is 1.28. The van der Waals surface area contributed by atoms with Gasteiger partial charge in [-0.15, -0.1) is 11.6 Å². The molecule has 1 aromatic heterocycles. The van der Waals surface area contributed by atoms with Crippen molar-refractivity contribution >= 4 is 22.6 Å². The highest BCUT2D eigenvalue weighted by atomic mass is 35.5. The van der Waals surface area contributed by atoms with Gasteiger partial charge in [0.25, 0.3) is 0 Å². The SMILES string of the molecule is CC(Cl)COn1cnc2ccccc21. The lowest BCUT2D eigenvalue weighted by atomic mass is 10.3. The number of hydrogen-bond donors (Lipinski definition) is 0. The summed E-state index contributed by atoms with van der Waals surface area (Å²) in [5.74, 6) is 0. The average Bonchev–Trinajstić information content (AvgIpc) is 2.58. The number of benzene rings is 1. The molecule has 0 saturated carbocycles. The number of fused-ring (bicyclic) bond motifs is 1. The van der Waals surface area contributed by atoms with Crippen LogP contribution in [-0.4, -0.2) is 21.7 Å². The molecule has 2 rings (SSSR count). The van der Waals surface area contributed by atoms with Gasteiger partial charge in [-0.05, 0) is 19.1 Å². The molecule has 0 N–H and O–H groups in total. The Kier molecular flexibility index (Phi) is 2.59. The lowest BCUT2D eigenvalue weighted by molar-refractivity contribution is 0.121. The van der Waals surface area contributed by atoms with Gasteiger partial charge in [-0.25, -0.2) is 4.98 Å². The second-order valence-electron chi connectivity index (χ2n) is 3.14. The first-order valence-corrected chi connectivity index (χ1v) is 4.90. The fraction of sp³-hybridized carbons (Fsp3) is 0.300. The third-order valence-electron chi connectivity index (χ3n) is 1.86. The molecule has 3 nitrogen and oxygen atoms in total. The summed E-state index contributed by atoms with van der Waals surface area (Å²) < 4.78 is 1.65. The van der Waals surface area contributed by atoms with Crippen molar-refractivity contribution in [1.29, 1.82) is 0 Å². The maximum atomic E-state index is 5.79. The predicted molar refractivity (Wildman–Crippen MR) is 56.5 cm³/mol. The number of halogens is 1. The molecular formula is C10H11ClN2O. The lowest BCUT2D eigenvalue weighted by Gasteiger charge is -2.07. The van der Waals surface area contributed by atoms with Crippen LogP contribution in [0.15, 0.2) is 30.6 Å². The van der Waals surface area contributed by atoms with E-state index in [0.29, 0.717) is 6.61 Å². The summed E-state index contributed by atoms with van der Waals surface area (Å²) in [6, 6.07) is 7.80. The normalized spacial score (nSPS) is 13.0. The minimum Gasteiger partial charge on any atom is -0.411 e. The summed E-state index contributed by atoms with van der Waals surface area (Å²) in [5.41, 5.74) is 1.89. The third kappa shape index (κ3) is 1.82. The number of aromatic nitrogens is 2. The van der Waals surface area contributed by atoms with E-state index in [1.165, 1.54) is 0 Å². The molecular weight excluding hydrogens is 200 g/mol. The first-order valence-electron chi connectivity index (χ1n) is 4.47. The lowest BCUT2D eigenvalue weighted by Crippen LogP contribution is -2.17. The van der Waals surface area contributed by atoms with E-state index in [0.717, 1.165) is 11.0 Å². The Morgan fingerprint density at radius 2 is 2.29 bits per heavy atom. The van der Waals surface area contributed by atoms with E-state index in [-0.39, 0.29) is 5.38 Å². The number of rotatable bonds is 3. The first kappa shape index (κ1) is 9.34. The van der Waals surface area contributed by atoms with Crippen molar-refractivity contribution in [3.05, 3.63) is 30.6 Å². The van der Waals surface area contributed by atoms with Crippen molar-refractivity contribution in [3.8, 4) is 0 Å². The standard InChI is InChI=1S/C10H11ClN2O/c1-8(11)6-14-13-7-12-9-4-2-3-5-10(9)13/h2-5,7-8H,6H2,1H3. The molecule has 14 heavy (non-hydrogen) atoms. The molecule has 1 aromatic carbocycles. The van der Waals surface area contributed by atoms with Crippen molar-refractivity contribution in [1.82, 2.24) is 9.71 Å². The van der Waals surface area contributed by atoms with Gasteiger partial charge in [0.2, 0.25) is 0 Å². The van der Waals surface area contributed by atoms with Crippen LogP contribution in [0.2, 0.25) is 0 Å². The number of imidazole rings is 1. The first-order chi connectivity index (χ1) is 6.77.